The second kappa shape index (κ2) is 5.87. The molecule has 1 aliphatic heterocycles. The molecule has 1 heterocycles. The number of para-hydroxylation sites is 1. The topological polar surface area (TPSA) is 41.6 Å². The zero-order valence-electron chi connectivity index (χ0n) is 10.9. The molecule has 0 amide bonds. The highest BCUT2D eigenvalue weighted by molar-refractivity contribution is 5.71. The first kappa shape index (κ1) is 12.9. The Labute approximate surface area is 108 Å². The number of hydrogen-bond acceptors (Lipinski definition) is 4. The van der Waals surface area contributed by atoms with E-state index in [1.807, 2.05) is 18.2 Å². The molecular weight excluding hydrogens is 228 g/mol. The average Bonchev–Trinajstić information content (AvgIpc) is 2.40. The Kier molecular flexibility index (Phi) is 4.20. The first-order chi connectivity index (χ1) is 8.72. The van der Waals surface area contributed by atoms with E-state index >= 15 is 0 Å². The Bertz CT molecular complexity index is 394. The maximum atomic E-state index is 11.5. The van der Waals surface area contributed by atoms with Gasteiger partial charge in [-0.2, -0.15) is 0 Å². The summed E-state index contributed by atoms with van der Waals surface area (Å²) in [6, 6.07) is 10.8. The third-order valence-corrected chi connectivity index (χ3v) is 3.37. The summed E-state index contributed by atoms with van der Waals surface area (Å²) in [5.41, 5.74) is 1.17. The second-order valence-corrected chi connectivity index (χ2v) is 4.68. The summed E-state index contributed by atoms with van der Waals surface area (Å²) >= 11 is 0. The van der Waals surface area contributed by atoms with Crippen molar-refractivity contribution in [3.8, 4) is 0 Å². The van der Waals surface area contributed by atoms with Crippen LogP contribution in [0.15, 0.2) is 30.3 Å². The van der Waals surface area contributed by atoms with Crippen molar-refractivity contribution >= 4 is 11.7 Å². The first-order valence-corrected chi connectivity index (χ1v) is 6.33. The zero-order chi connectivity index (χ0) is 13.0. The van der Waals surface area contributed by atoms with Crippen LogP contribution in [0.25, 0.3) is 0 Å². The maximum absolute atomic E-state index is 11.5. The van der Waals surface area contributed by atoms with Crippen molar-refractivity contribution in [3.05, 3.63) is 30.3 Å². The van der Waals surface area contributed by atoms with Crippen LogP contribution < -0.4 is 10.2 Å². The van der Waals surface area contributed by atoms with Gasteiger partial charge in [-0.3, -0.25) is 4.79 Å². The van der Waals surface area contributed by atoms with Crippen LogP contribution in [0.5, 0.6) is 0 Å². The fraction of sp³-hybridized carbons (Fsp3) is 0.500. The Balaban J connectivity index is 2.18. The summed E-state index contributed by atoms with van der Waals surface area (Å²) in [6.07, 6.45) is 0.419. The molecule has 4 nitrogen and oxygen atoms in total. The van der Waals surface area contributed by atoms with Gasteiger partial charge >= 0.3 is 5.97 Å². The SMILES string of the molecule is COC(=O)CC1CNCC(C)N1c1ccccc1. The summed E-state index contributed by atoms with van der Waals surface area (Å²) < 4.78 is 4.78. The Morgan fingerprint density at radius 1 is 1.39 bits per heavy atom. The molecule has 0 spiro atoms. The number of methoxy groups -OCH3 is 1. The van der Waals surface area contributed by atoms with Crippen molar-refractivity contribution in [2.45, 2.75) is 25.4 Å². The van der Waals surface area contributed by atoms with E-state index in [4.69, 9.17) is 4.74 Å². The molecule has 0 aliphatic carbocycles. The number of hydrogen-bond donors (Lipinski definition) is 1. The standard InChI is InChI=1S/C14H20N2O2/c1-11-9-15-10-13(8-14(17)18-2)16(11)12-6-4-3-5-7-12/h3-7,11,13,15H,8-10H2,1-2H3. The van der Waals surface area contributed by atoms with Crippen molar-refractivity contribution in [3.63, 3.8) is 0 Å². The van der Waals surface area contributed by atoms with Gasteiger partial charge in [0.15, 0.2) is 0 Å². The van der Waals surface area contributed by atoms with Gasteiger partial charge in [-0.25, -0.2) is 0 Å². The molecule has 1 aromatic rings. The molecule has 2 atom stereocenters. The van der Waals surface area contributed by atoms with Crippen molar-refractivity contribution in [2.75, 3.05) is 25.1 Å². The van der Waals surface area contributed by atoms with Crippen molar-refractivity contribution in [2.24, 2.45) is 0 Å². The number of nitrogens with one attached hydrogen (secondary N) is 1. The minimum atomic E-state index is -0.156. The van der Waals surface area contributed by atoms with E-state index in [-0.39, 0.29) is 12.0 Å². The summed E-state index contributed by atoms with van der Waals surface area (Å²) in [6.45, 7) is 3.92. The number of benzene rings is 1. The highest BCUT2D eigenvalue weighted by atomic mass is 16.5. The molecule has 0 radical (unpaired) electrons. The van der Waals surface area contributed by atoms with Crippen LogP contribution in [0.1, 0.15) is 13.3 Å². The van der Waals surface area contributed by atoms with Gasteiger partial charge in [0.05, 0.1) is 19.6 Å². The molecular formula is C14H20N2O2. The lowest BCUT2D eigenvalue weighted by atomic mass is 10.0. The molecule has 18 heavy (non-hydrogen) atoms. The van der Waals surface area contributed by atoms with E-state index in [2.05, 4.69) is 29.3 Å². The minimum Gasteiger partial charge on any atom is -0.469 e. The van der Waals surface area contributed by atoms with Crippen molar-refractivity contribution in [1.82, 2.24) is 5.32 Å². The average molecular weight is 248 g/mol. The summed E-state index contributed by atoms with van der Waals surface area (Å²) in [5.74, 6) is -0.156. The lowest BCUT2D eigenvalue weighted by Crippen LogP contribution is -2.57. The van der Waals surface area contributed by atoms with Crippen LogP contribution in [0, 0.1) is 0 Å². The van der Waals surface area contributed by atoms with Crippen LogP contribution in [-0.4, -0.2) is 38.3 Å². The molecule has 1 aromatic carbocycles. The molecule has 4 heteroatoms. The van der Waals surface area contributed by atoms with E-state index in [1.165, 1.54) is 12.8 Å². The quantitative estimate of drug-likeness (QED) is 0.821. The van der Waals surface area contributed by atoms with E-state index in [1.54, 1.807) is 0 Å². The molecule has 98 valence electrons. The van der Waals surface area contributed by atoms with E-state index in [0.717, 1.165) is 13.1 Å². The van der Waals surface area contributed by atoms with E-state index < -0.39 is 0 Å². The number of carbonyl (C=O) groups is 1. The van der Waals surface area contributed by atoms with Gasteiger partial charge in [-0.05, 0) is 19.1 Å². The smallest absolute Gasteiger partial charge is 0.307 e. The second-order valence-electron chi connectivity index (χ2n) is 4.68. The third-order valence-electron chi connectivity index (χ3n) is 3.37. The van der Waals surface area contributed by atoms with E-state index in [9.17, 15) is 4.79 Å². The molecule has 1 N–H and O–H groups in total. The number of ether oxygens (including phenoxy) is 1. The fourth-order valence-corrected chi connectivity index (χ4v) is 2.53. The predicted molar refractivity (Wildman–Crippen MR) is 71.7 cm³/mol. The lowest BCUT2D eigenvalue weighted by Gasteiger charge is -2.42. The highest BCUT2D eigenvalue weighted by Gasteiger charge is 2.29. The van der Waals surface area contributed by atoms with Gasteiger partial charge < -0.3 is 15.0 Å². The number of rotatable bonds is 3. The lowest BCUT2D eigenvalue weighted by molar-refractivity contribution is -0.141. The number of esters is 1. The van der Waals surface area contributed by atoms with Crippen LogP contribution in [-0.2, 0) is 9.53 Å². The number of nitrogens with zero attached hydrogens (tertiary/aromatic N) is 1. The molecule has 1 saturated heterocycles. The predicted octanol–water partition coefficient (Wildman–Crippen LogP) is 1.42. The van der Waals surface area contributed by atoms with Crippen LogP contribution in [0.2, 0.25) is 0 Å². The van der Waals surface area contributed by atoms with Gasteiger partial charge in [-0.1, -0.05) is 18.2 Å². The van der Waals surface area contributed by atoms with Crippen LogP contribution in [0.3, 0.4) is 0 Å². The first-order valence-electron chi connectivity index (χ1n) is 6.33. The largest absolute Gasteiger partial charge is 0.469 e. The van der Waals surface area contributed by atoms with Crippen molar-refractivity contribution < 1.29 is 9.53 Å². The minimum absolute atomic E-state index is 0.156. The molecule has 2 rings (SSSR count). The van der Waals surface area contributed by atoms with Gasteiger partial charge in [0.2, 0.25) is 0 Å². The Morgan fingerprint density at radius 2 is 2.11 bits per heavy atom. The number of carbonyl (C=O) groups excluding carboxylic acids is 1. The molecule has 0 saturated carbocycles. The third kappa shape index (κ3) is 2.82. The van der Waals surface area contributed by atoms with Gasteiger partial charge in [-0.15, -0.1) is 0 Å². The Morgan fingerprint density at radius 3 is 2.78 bits per heavy atom. The summed E-state index contributed by atoms with van der Waals surface area (Å²) in [7, 11) is 1.44. The van der Waals surface area contributed by atoms with Gasteiger partial charge in [0.25, 0.3) is 0 Å². The highest BCUT2D eigenvalue weighted by Crippen LogP contribution is 2.23. The molecule has 2 unspecified atom stereocenters. The van der Waals surface area contributed by atoms with Crippen molar-refractivity contribution in [1.29, 1.82) is 0 Å². The Hall–Kier alpha value is -1.55. The fourth-order valence-electron chi connectivity index (χ4n) is 2.53. The zero-order valence-corrected chi connectivity index (χ0v) is 10.9. The monoisotopic (exact) mass is 248 g/mol. The normalized spacial score (nSPS) is 23.8. The van der Waals surface area contributed by atoms with Crippen LogP contribution in [0.4, 0.5) is 5.69 Å². The summed E-state index contributed by atoms with van der Waals surface area (Å²) in [5, 5.41) is 3.36. The summed E-state index contributed by atoms with van der Waals surface area (Å²) in [4.78, 5) is 13.8. The van der Waals surface area contributed by atoms with E-state index in [0.29, 0.717) is 12.5 Å². The van der Waals surface area contributed by atoms with Gasteiger partial charge in [0, 0.05) is 24.8 Å². The molecule has 1 fully saturated rings. The van der Waals surface area contributed by atoms with Gasteiger partial charge in [0.1, 0.15) is 0 Å². The number of anilines is 1. The molecule has 0 bridgehead atoms. The van der Waals surface area contributed by atoms with Crippen LogP contribution >= 0.6 is 0 Å². The maximum Gasteiger partial charge on any atom is 0.307 e. The number of piperazine rings is 1. The molecule has 0 aromatic heterocycles. The molecule has 1 aliphatic rings.